The van der Waals surface area contributed by atoms with Gasteiger partial charge in [0.15, 0.2) is 11.5 Å². The highest BCUT2D eigenvalue weighted by Crippen LogP contribution is 2.47. The van der Waals surface area contributed by atoms with Gasteiger partial charge in [-0.05, 0) is 42.0 Å². The minimum atomic E-state index is -1.74. The van der Waals surface area contributed by atoms with Crippen molar-refractivity contribution < 1.29 is 62.9 Å². The smallest absolute Gasteiger partial charge is 0.347 e. The minimum Gasteiger partial charge on any atom is -0.508 e. The average Bonchev–Trinajstić information content (AvgIpc) is 3.07. The van der Waals surface area contributed by atoms with E-state index in [-0.39, 0.29) is 50.9 Å². The van der Waals surface area contributed by atoms with Crippen LogP contribution in [0.15, 0.2) is 75.8 Å². The highest BCUT2D eigenvalue weighted by Gasteiger charge is 2.46. The molecule has 13 heteroatoms. The van der Waals surface area contributed by atoms with E-state index in [1.165, 1.54) is 63.0 Å². The van der Waals surface area contributed by atoms with Crippen LogP contribution in [0, 0.1) is 0 Å². The Balaban J connectivity index is 1.43. The third-order valence-electron chi connectivity index (χ3n) is 7.93. The summed E-state index contributed by atoms with van der Waals surface area (Å²) in [5, 5.41) is 54.0. The van der Waals surface area contributed by atoms with Crippen molar-refractivity contribution in [3.63, 3.8) is 0 Å². The van der Waals surface area contributed by atoms with Gasteiger partial charge in [-0.1, -0.05) is 12.1 Å². The third-order valence-corrected chi connectivity index (χ3v) is 7.93. The van der Waals surface area contributed by atoms with Crippen molar-refractivity contribution >= 4 is 34.0 Å². The lowest BCUT2D eigenvalue weighted by Crippen LogP contribution is -2.55. The van der Waals surface area contributed by atoms with Crippen LogP contribution in [0.1, 0.15) is 17.2 Å². The number of rotatable bonds is 8. The van der Waals surface area contributed by atoms with Gasteiger partial charge < -0.3 is 53.3 Å². The number of methoxy groups -OCH3 is 2. The number of phenols is 2. The van der Waals surface area contributed by atoms with E-state index in [0.717, 1.165) is 6.08 Å². The minimum absolute atomic E-state index is 0.0374. The van der Waals surface area contributed by atoms with E-state index < -0.39 is 43.1 Å². The Labute approximate surface area is 266 Å². The SMILES string of the molecule is COc1cc(-c2oc3cc(=[OH+])cc4occc(c2[C@@H]2O[C@H](COC(=O)C=Cc5ccc(O)cc5)[C@@H](O)[C@H](O)[C@H]2O)c43)cc(OC)c1O. The summed E-state index contributed by atoms with van der Waals surface area (Å²) in [4.78, 5) is 22.9. The van der Waals surface area contributed by atoms with Gasteiger partial charge in [0.05, 0.1) is 38.0 Å². The molecule has 13 nitrogen and oxygen atoms in total. The molecule has 244 valence electrons. The van der Waals surface area contributed by atoms with Gasteiger partial charge in [-0.25, -0.2) is 4.79 Å². The van der Waals surface area contributed by atoms with Crippen LogP contribution in [0.5, 0.6) is 23.0 Å². The number of hydrogen-bond donors (Lipinski definition) is 5. The average molecular weight is 648 g/mol. The zero-order valence-electron chi connectivity index (χ0n) is 25.1. The van der Waals surface area contributed by atoms with Crippen LogP contribution in [0.2, 0.25) is 0 Å². The molecule has 0 aliphatic carbocycles. The molecule has 3 aromatic carbocycles. The van der Waals surface area contributed by atoms with E-state index in [4.69, 9.17) is 27.8 Å². The molecule has 3 heterocycles. The lowest BCUT2D eigenvalue weighted by atomic mass is 9.87. The third kappa shape index (κ3) is 6.00. The van der Waals surface area contributed by atoms with Gasteiger partial charge in [0, 0.05) is 22.6 Å². The molecule has 0 unspecified atom stereocenters. The summed E-state index contributed by atoms with van der Waals surface area (Å²) in [6.45, 7) is -0.492. The fraction of sp³-hybridized carbons (Fsp3) is 0.235. The largest absolute Gasteiger partial charge is 0.508 e. The second-order valence-corrected chi connectivity index (χ2v) is 10.8. The fourth-order valence-corrected chi connectivity index (χ4v) is 5.60. The Morgan fingerprint density at radius 1 is 0.915 bits per heavy atom. The molecule has 5 aromatic rings. The molecular formula is C34H31O13+. The van der Waals surface area contributed by atoms with E-state index in [1.54, 1.807) is 18.2 Å². The van der Waals surface area contributed by atoms with Crippen LogP contribution in [0.4, 0.5) is 0 Å². The molecule has 6 N–H and O–H groups in total. The first-order chi connectivity index (χ1) is 22.6. The van der Waals surface area contributed by atoms with Gasteiger partial charge in [-0.15, -0.1) is 0 Å². The van der Waals surface area contributed by atoms with Crippen LogP contribution >= 0.6 is 0 Å². The molecular weight excluding hydrogens is 616 g/mol. The second kappa shape index (κ2) is 12.8. The number of phenolic OH excluding ortho intramolecular Hbond substituents is 2. The van der Waals surface area contributed by atoms with E-state index in [9.17, 15) is 35.1 Å². The summed E-state index contributed by atoms with van der Waals surface area (Å²) >= 11 is 0. The van der Waals surface area contributed by atoms with Crippen molar-refractivity contribution in [2.45, 2.75) is 30.5 Å². The van der Waals surface area contributed by atoms with Gasteiger partial charge in [0.25, 0.3) is 0 Å². The van der Waals surface area contributed by atoms with E-state index >= 15 is 0 Å². The highest BCUT2D eigenvalue weighted by atomic mass is 16.6. The van der Waals surface area contributed by atoms with Crippen molar-refractivity contribution in [1.82, 2.24) is 0 Å². The zero-order chi connectivity index (χ0) is 33.4. The van der Waals surface area contributed by atoms with E-state index in [2.05, 4.69) is 0 Å². The van der Waals surface area contributed by atoms with Gasteiger partial charge in [-0.2, -0.15) is 0 Å². The molecule has 0 saturated carbocycles. The highest BCUT2D eigenvalue weighted by molar-refractivity contribution is 6.08. The molecule has 1 fully saturated rings. The molecule has 5 atom stereocenters. The van der Waals surface area contributed by atoms with Gasteiger partial charge in [-0.3, -0.25) is 4.79 Å². The lowest BCUT2D eigenvalue weighted by molar-refractivity contribution is -0.233. The van der Waals surface area contributed by atoms with Crippen LogP contribution < -0.4 is 14.9 Å². The maximum Gasteiger partial charge on any atom is 0.347 e. The maximum atomic E-state index is 12.5. The normalized spacial score (nSPS) is 21.3. The quantitative estimate of drug-likeness (QED) is 0.0937. The van der Waals surface area contributed by atoms with Crippen molar-refractivity contribution in [1.29, 1.82) is 0 Å². The Hall–Kier alpha value is -5.34. The summed E-state index contributed by atoms with van der Waals surface area (Å²) in [5.41, 5.74) is 1.42. The molecule has 47 heavy (non-hydrogen) atoms. The number of esters is 1. The van der Waals surface area contributed by atoms with Gasteiger partial charge >= 0.3 is 11.4 Å². The predicted octanol–water partition coefficient (Wildman–Crippen LogP) is 3.06. The van der Waals surface area contributed by atoms with E-state index in [1.807, 2.05) is 0 Å². The summed E-state index contributed by atoms with van der Waals surface area (Å²) in [6.07, 6.45) is -3.78. The molecule has 0 radical (unpaired) electrons. The summed E-state index contributed by atoms with van der Waals surface area (Å²) in [7, 11) is 2.70. The van der Waals surface area contributed by atoms with Crippen LogP contribution in [0.25, 0.3) is 39.3 Å². The maximum absolute atomic E-state index is 12.5. The van der Waals surface area contributed by atoms with Crippen LogP contribution in [-0.2, 0) is 14.3 Å². The number of carbonyl (C=O) groups is 1. The topological polar surface area (TPSA) is 203 Å². The number of hydrogen-bond acceptors (Lipinski definition) is 12. The van der Waals surface area contributed by atoms with Crippen LogP contribution in [0.3, 0.4) is 0 Å². The molecule has 1 aliphatic heterocycles. The van der Waals surface area contributed by atoms with Gasteiger partial charge in [0.1, 0.15) is 59.8 Å². The Morgan fingerprint density at radius 3 is 2.28 bits per heavy atom. The monoisotopic (exact) mass is 647 g/mol. The lowest BCUT2D eigenvalue weighted by Gasteiger charge is -2.41. The molecule has 1 saturated heterocycles. The number of ether oxygens (including phenoxy) is 4. The number of benzene rings is 3. The predicted molar refractivity (Wildman–Crippen MR) is 165 cm³/mol. The van der Waals surface area contributed by atoms with Crippen LogP contribution in [-0.4, -0.2) is 81.5 Å². The molecule has 1 aliphatic rings. The summed E-state index contributed by atoms with van der Waals surface area (Å²) in [6, 6.07) is 13.4. The standard InChI is InChI=1S/C34H30O13/c1-42-23-11-17(12-24(43-2)29(23)38)33-28(20-9-10-44-21-13-19(36)14-22(46-33)27(20)21)34-32(41)31(40)30(39)25(47-34)15-45-26(37)8-5-16-3-6-18(35)7-4-16/h3-14,25,30-32,34-35,38-41H,15H2,1-2H3/p+1/t25-,30-,31+,32-,34+/m1/s1. The Bertz CT molecular complexity index is 2000. The second-order valence-electron chi connectivity index (χ2n) is 10.8. The zero-order valence-corrected chi connectivity index (χ0v) is 25.1. The Morgan fingerprint density at radius 2 is 1.60 bits per heavy atom. The van der Waals surface area contributed by atoms with Crippen molar-refractivity contribution in [3.8, 4) is 34.3 Å². The first kappa shape index (κ1) is 31.6. The summed E-state index contributed by atoms with van der Waals surface area (Å²) < 4.78 is 34.1. The molecule has 6 rings (SSSR count). The molecule has 0 amide bonds. The first-order valence-corrected chi connectivity index (χ1v) is 14.4. The van der Waals surface area contributed by atoms with E-state index in [0.29, 0.717) is 21.9 Å². The number of aliphatic hydroxyl groups excluding tert-OH is 3. The fourth-order valence-electron chi connectivity index (χ4n) is 5.60. The number of aromatic hydroxyl groups is 2. The van der Waals surface area contributed by atoms with Crippen molar-refractivity contribution in [3.05, 3.63) is 83.5 Å². The van der Waals surface area contributed by atoms with Crippen molar-refractivity contribution in [2.24, 2.45) is 0 Å². The number of aliphatic hydroxyl groups is 3. The first-order valence-electron chi connectivity index (χ1n) is 14.4. The molecule has 0 spiro atoms. The molecule has 0 bridgehead atoms. The Kier molecular flexibility index (Phi) is 8.62. The van der Waals surface area contributed by atoms with Crippen molar-refractivity contribution in [2.75, 3.05) is 20.8 Å². The molecule has 2 aromatic heterocycles. The van der Waals surface area contributed by atoms with Gasteiger partial charge in [0.2, 0.25) is 5.75 Å². The number of carbonyl (C=O) groups excluding carboxylic acids is 1. The summed E-state index contributed by atoms with van der Waals surface area (Å²) in [5.74, 6) is -0.820.